The number of aromatic amines is 1. The largest absolute Gasteiger partial charge is 0.350 e. The van der Waals surface area contributed by atoms with Crippen LogP contribution >= 0.6 is 11.6 Å². The van der Waals surface area contributed by atoms with Gasteiger partial charge in [0.1, 0.15) is 6.07 Å². The number of pyridine rings is 1. The topological polar surface area (TPSA) is 85.8 Å². The highest BCUT2D eigenvalue weighted by Gasteiger charge is 2.26. The number of H-pyrrole nitrogens is 1. The third-order valence-electron chi connectivity index (χ3n) is 5.04. The lowest BCUT2D eigenvalue weighted by atomic mass is 9.97. The van der Waals surface area contributed by atoms with Gasteiger partial charge in [-0.3, -0.25) is 9.59 Å². The Kier molecular flexibility index (Phi) is 4.59. The second kappa shape index (κ2) is 7.05. The predicted octanol–water partition coefficient (Wildman–Crippen LogP) is 3.49. The van der Waals surface area contributed by atoms with Crippen molar-refractivity contribution < 1.29 is 4.79 Å². The summed E-state index contributed by atoms with van der Waals surface area (Å²) in [6.07, 6.45) is 5.24. The van der Waals surface area contributed by atoms with E-state index >= 15 is 0 Å². The van der Waals surface area contributed by atoms with E-state index in [1.807, 2.05) is 24.3 Å². The molecule has 0 radical (unpaired) electrons. The molecular formula is C21H18ClN3O2. The zero-order valence-electron chi connectivity index (χ0n) is 14.6. The van der Waals surface area contributed by atoms with Crippen LogP contribution in [0.5, 0.6) is 0 Å². The SMILES string of the molecule is N#Cc1cc(/C(=C\[C@H]2CCC(=O)N2)c2ccc(C3CC3)c(=O)[nH]2)ccc1Cl. The number of rotatable bonds is 4. The van der Waals surface area contributed by atoms with E-state index in [1.165, 1.54) is 0 Å². The van der Waals surface area contributed by atoms with E-state index in [-0.39, 0.29) is 17.5 Å². The molecule has 1 saturated heterocycles. The van der Waals surface area contributed by atoms with E-state index in [2.05, 4.69) is 16.4 Å². The van der Waals surface area contributed by atoms with Gasteiger partial charge >= 0.3 is 0 Å². The highest BCUT2D eigenvalue weighted by atomic mass is 35.5. The molecule has 2 heterocycles. The summed E-state index contributed by atoms with van der Waals surface area (Å²) in [5.74, 6) is 0.382. The first-order valence-corrected chi connectivity index (χ1v) is 9.38. The zero-order valence-corrected chi connectivity index (χ0v) is 15.3. The van der Waals surface area contributed by atoms with Crippen LogP contribution < -0.4 is 10.9 Å². The summed E-state index contributed by atoms with van der Waals surface area (Å²) in [5.41, 5.74) is 3.32. The second-order valence-electron chi connectivity index (χ2n) is 7.03. The van der Waals surface area contributed by atoms with Crippen LogP contribution in [0.15, 0.2) is 41.2 Å². The molecule has 1 saturated carbocycles. The number of carbonyl (C=O) groups excluding carboxylic acids is 1. The quantitative estimate of drug-likeness (QED) is 0.852. The summed E-state index contributed by atoms with van der Waals surface area (Å²) in [4.78, 5) is 27.1. The third kappa shape index (κ3) is 3.67. The molecule has 2 fully saturated rings. The van der Waals surface area contributed by atoms with Crippen LogP contribution in [0.2, 0.25) is 5.02 Å². The molecule has 1 aliphatic carbocycles. The summed E-state index contributed by atoms with van der Waals surface area (Å²) in [6.45, 7) is 0. The number of nitrogens with zero attached hydrogens (tertiary/aromatic N) is 1. The number of nitrogens with one attached hydrogen (secondary N) is 2. The minimum atomic E-state index is -0.111. The number of hydrogen-bond donors (Lipinski definition) is 2. The number of halogens is 1. The number of aromatic nitrogens is 1. The summed E-state index contributed by atoms with van der Waals surface area (Å²) in [5, 5.41) is 12.6. The molecule has 1 atom stereocenters. The van der Waals surface area contributed by atoms with Crippen molar-refractivity contribution in [2.75, 3.05) is 0 Å². The molecule has 2 aromatic rings. The van der Waals surface area contributed by atoms with Gasteiger partial charge in [0, 0.05) is 29.3 Å². The van der Waals surface area contributed by atoms with Gasteiger partial charge in [-0.05, 0) is 48.9 Å². The molecule has 4 rings (SSSR count). The van der Waals surface area contributed by atoms with Crippen LogP contribution in [-0.2, 0) is 4.79 Å². The van der Waals surface area contributed by atoms with Gasteiger partial charge in [0.2, 0.25) is 5.91 Å². The fourth-order valence-electron chi connectivity index (χ4n) is 3.44. The van der Waals surface area contributed by atoms with Crippen molar-refractivity contribution in [3.05, 3.63) is 74.2 Å². The van der Waals surface area contributed by atoms with Crippen molar-refractivity contribution >= 4 is 23.1 Å². The van der Waals surface area contributed by atoms with Crippen LogP contribution in [0.4, 0.5) is 0 Å². The van der Waals surface area contributed by atoms with Gasteiger partial charge in [-0.1, -0.05) is 29.8 Å². The zero-order chi connectivity index (χ0) is 19.0. The first-order valence-electron chi connectivity index (χ1n) is 9.00. The van der Waals surface area contributed by atoms with Crippen LogP contribution in [-0.4, -0.2) is 16.9 Å². The predicted molar refractivity (Wildman–Crippen MR) is 103 cm³/mol. The average molecular weight is 380 g/mol. The lowest BCUT2D eigenvalue weighted by Gasteiger charge is -2.13. The van der Waals surface area contributed by atoms with Gasteiger partial charge in [-0.15, -0.1) is 0 Å². The Morgan fingerprint density at radius 1 is 1.19 bits per heavy atom. The highest BCUT2D eigenvalue weighted by Crippen LogP contribution is 2.38. The Hall–Kier alpha value is -2.84. The fraction of sp³-hybridized carbons (Fsp3) is 0.286. The summed E-state index contributed by atoms with van der Waals surface area (Å²) in [6, 6.07) is 11.0. The molecule has 2 aliphatic rings. The van der Waals surface area contributed by atoms with Crippen molar-refractivity contribution in [2.45, 2.75) is 37.6 Å². The Balaban J connectivity index is 1.80. The van der Waals surface area contributed by atoms with E-state index < -0.39 is 0 Å². The Morgan fingerprint density at radius 2 is 2.00 bits per heavy atom. The monoisotopic (exact) mass is 379 g/mol. The van der Waals surface area contributed by atoms with E-state index in [4.69, 9.17) is 11.6 Å². The average Bonchev–Trinajstić information content (AvgIpc) is 3.42. The maximum atomic E-state index is 12.5. The van der Waals surface area contributed by atoms with Crippen LogP contribution in [0.25, 0.3) is 5.57 Å². The van der Waals surface area contributed by atoms with Crippen LogP contribution in [0.3, 0.4) is 0 Å². The molecule has 1 aromatic heterocycles. The van der Waals surface area contributed by atoms with Gasteiger partial charge in [0.15, 0.2) is 0 Å². The summed E-state index contributed by atoms with van der Waals surface area (Å²) in [7, 11) is 0. The van der Waals surface area contributed by atoms with Gasteiger partial charge in [-0.25, -0.2) is 0 Å². The molecule has 0 unspecified atom stereocenters. The molecule has 0 spiro atoms. The van der Waals surface area contributed by atoms with Crippen molar-refractivity contribution in [2.24, 2.45) is 0 Å². The summed E-state index contributed by atoms with van der Waals surface area (Å²) >= 11 is 6.07. The lowest BCUT2D eigenvalue weighted by molar-refractivity contribution is -0.119. The van der Waals surface area contributed by atoms with E-state index in [0.29, 0.717) is 35.0 Å². The molecule has 136 valence electrons. The first kappa shape index (κ1) is 17.6. The lowest BCUT2D eigenvalue weighted by Crippen LogP contribution is -2.23. The number of benzene rings is 1. The Bertz CT molecular complexity index is 1040. The molecule has 0 bridgehead atoms. The fourth-order valence-corrected chi connectivity index (χ4v) is 3.60. The molecule has 6 heteroatoms. The Morgan fingerprint density at radius 3 is 2.63 bits per heavy atom. The standard InChI is InChI=1S/C21H18ClN3O2/c22-18-6-3-13(9-14(18)11-23)17(10-15-4-8-20(26)24-15)19-7-5-16(12-1-2-12)21(27)25-19/h3,5-7,9-10,12,15H,1-2,4,8H2,(H,24,26)(H,25,27)/b17-10+/t15-/m1/s1. The van der Waals surface area contributed by atoms with Crippen molar-refractivity contribution in [3.63, 3.8) is 0 Å². The normalized spacial score (nSPS) is 19.6. The van der Waals surface area contributed by atoms with Gasteiger partial charge in [0.05, 0.1) is 10.6 Å². The molecule has 1 amide bonds. The smallest absolute Gasteiger partial charge is 0.251 e. The number of hydrogen-bond acceptors (Lipinski definition) is 3. The number of nitriles is 1. The maximum Gasteiger partial charge on any atom is 0.251 e. The Labute approximate surface area is 161 Å². The minimum Gasteiger partial charge on any atom is -0.350 e. The second-order valence-corrected chi connectivity index (χ2v) is 7.44. The molecule has 27 heavy (non-hydrogen) atoms. The molecule has 1 aromatic carbocycles. The molecular weight excluding hydrogens is 362 g/mol. The van der Waals surface area contributed by atoms with Gasteiger partial charge < -0.3 is 10.3 Å². The van der Waals surface area contributed by atoms with Crippen molar-refractivity contribution in [3.8, 4) is 6.07 Å². The summed E-state index contributed by atoms with van der Waals surface area (Å²) < 4.78 is 0. The van der Waals surface area contributed by atoms with Crippen LogP contribution in [0.1, 0.15) is 54.0 Å². The van der Waals surface area contributed by atoms with Gasteiger partial charge in [0.25, 0.3) is 5.56 Å². The van der Waals surface area contributed by atoms with Crippen LogP contribution in [0, 0.1) is 11.3 Å². The number of amides is 1. The minimum absolute atomic E-state index is 0.0157. The molecule has 2 N–H and O–H groups in total. The highest BCUT2D eigenvalue weighted by molar-refractivity contribution is 6.31. The first-order chi connectivity index (χ1) is 13.0. The van der Waals surface area contributed by atoms with Crippen molar-refractivity contribution in [1.82, 2.24) is 10.3 Å². The van der Waals surface area contributed by atoms with Crippen molar-refractivity contribution in [1.29, 1.82) is 5.26 Å². The van der Waals surface area contributed by atoms with E-state index in [0.717, 1.165) is 29.5 Å². The van der Waals surface area contributed by atoms with E-state index in [9.17, 15) is 14.9 Å². The van der Waals surface area contributed by atoms with Gasteiger partial charge in [-0.2, -0.15) is 5.26 Å². The maximum absolute atomic E-state index is 12.5. The van der Waals surface area contributed by atoms with E-state index in [1.54, 1.807) is 12.1 Å². The third-order valence-corrected chi connectivity index (χ3v) is 5.37. The number of carbonyl (C=O) groups is 1. The molecule has 1 aliphatic heterocycles. The molecule has 5 nitrogen and oxygen atoms in total.